The largest absolute Gasteiger partial charge is 0.497 e. The van der Waals surface area contributed by atoms with E-state index in [-0.39, 0.29) is 6.10 Å². The van der Waals surface area contributed by atoms with Gasteiger partial charge in [-0.3, -0.25) is 4.99 Å². The molecule has 2 aromatic rings. The number of benzene rings is 1. The molecule has 1 aromatic heterocycles. The summed E-state index contributed by atoms with van der Waals surface area (Å²) in [6.45, 7) is 5.46. The van der Waals surface area contributed by atoms with Crippen LogP contribution in [-0.2, 0) is 6.42 Å². The highest BCUT2D eigenvalue weighted by molar-refractivity contribution is 7.09. The van der Waals surface area contributed by atoms with Crippen molar-refractivity contribution < 1.29 is 9.47 Å². The molecule has 0 spiro atoms. The lowest BCUT2D eigenvalue weighted by molar-refractivity contribution is 0.223. The predicted octanol–water partition coefficient (Wildman–Crippen LogP) is 2.64. The first-order valence-corrected chi connectivity index (χ1v) is 9.15. The van der Waals surface area contributed by atoms with Gasteiger partial charge in [-0.1, -0.05) is 6.07 Å². The Morgan fingerprint density at radius 3 is 2.80 bits per heavy atom. The fraction of sp³-hybridized carbons (Fsp3) is 0.444. The van der Waals surface area contributed by atoms with Crippen molar-refractivity contribution in [2.75, 3.05) is 27.2 Å². The Bertz CT molecular complexity index is 687. The second-order valence-corrected chi connectivity index (χ2v) is 6.66. The first kappa shape index (κ1) is 19.1. The summed E-state index contributed by atoms with van der Waals surface area (Å²) < 4.78 is 11.1. The van der Waals surface area contributed by atoms with Gasteiger partial charge in [0.05, 0.1) is 24.4 Å². The summed E-state index contributed by atoms with van der Waals surface area (Å²) in [5.41, 5.74) is 1.11. The molecule has 2 N–H and O–H groups in total. The van der Waals surface area contributed by atoms with Crippen molar-refractivity contribution in [3.63, 3.8) is 0 Å². The molecule has 1 aromatic carbocycles. The summed E-state index contributed by atoms with van der Waals surface area (Å²) in [5.74, 6) is 2.33. The smallest absolute Gasteiger partial charge is 0.191 e. The summed E-state index contributed by atoms with van der Waals surface area (Å²) >= 11 is 1.68. The Morgan fingerprint density at radius 1 is 1.32 bits per heavy atom. The number of ether oxygens (including phenoxy) is 2. The number of guanidine groups is 1. The van der Waals surface area contributed by atoms with E-state index in [0.29, 0.717) is 6.54 Å². The molecule has 136 valence electrons. The van der Waals surface area contributed by atoms with Crippen LogP contribution in [0.4, 0.5) is 0 Å². The van der Waals surface area contributed by atoms with Gasteiger partial charge < -0.3 is 20.1 Å². The molecule has 0 aliphatic carbocycles. The Balaban J connectivity index is 1.71. The second-order valence-electron chi connectivity index (χ2n) is 5.60. The second kappa shape index (κ2) is 9.88. The number of nitrogens with zero attached hydrogens (tertiary/aromatic N) is 2. The molecule has 0 aliphatic rings. The van der Waals surface area contributed by atoms with Gasteiger partial charge in [0, 0.05) is 31.5 Å². The van der Waals surface area contributed by atoms with E-state index in [1.807, 2.05) is 38.1 Å². The lowest BCUT2D eigenvalue weighted by Crippen LogP contribution is -2.42. The third-order valence-corrected chi connectivity index (χ3v) is 4.32. The van der Waals surface area contributed by atoms with Gasteiger partial charge in [-0.05, 0) is 26.0 Å². The first-order valence-electron chi connectivity index (χ1n) is 8.27. The number of methoxy groups -OCH3 is 1. The number of aliphatic imine (C=N–C) groups is 1. The van der Waals surface area contributed by atoms with E-state index in [9.17, 15) is 0 Å². The van der Waals surface area contributed by atoms with E-state index in [1.165, 1.54) is 0 Å². The van der Waals surface area contributed by atoms with Crippen molar-refractivity contribution in [1.29, 1.82) is 0 Å². The van der Waals surface area contributed by atoms with Crippen LogP contribution in [0, 0.1) is 6.92 Å². The monoisotopic (exact) mass is 362 g/mol. The predicted molar refractivity (Wildman–Crippen MR) is 103 cm³/mol. The van der Waals surface area contributed by atoms with Crippen LogP contribution in [0.5, 0.6) is 11.5 Å². The maximum Gasteiger partial charge on any atom is 0.191 e. The Hall–Kier alpha value is -2.28. The molecular weight excluding hydrogens is 336 g/mol. The van der Waals surface area contributed by atoms with Crippen LogP contribution in [0.2, 0.25) is 0 Å². The van der Waals surface area contributed by atoms with Gasteiger partial charge in [-0.2, -0.15) is 0 Å². The van der Waals surface area contributed by atoms with E-state index in [2.05, 4.69) is 26.0 Å². The van der Waals surface area contributed by atoms with Gasteiger partial charge in [0.1, 0.15) is 17.6 Å². The molecular formula is C18H26N4O2S. The van der Waals surface area contributed by atoms with Crippen LogP contribution in [-0.4, -0.2) is 44.3 Å². The third kappa shape index (κ3) is 6.62. The van der Waals surface area contributed by atoms with Crippen LogP contribution in [0.25, 0.3) is 0 Å². The molecule has 0 amide bonds. The van der Waals surface area contributed by atoms with Gasteiger partial charge in [-0.15, -0.1) is 11.3 Å². The molecule has 7 heteroatoms. The lowest BCUT2D eigenvalue weighted by atomic mass is 10.3. The number of aromatic nitrogens is 1. The average Bonchev–Trinajstić information content (AvgIpc) is 3.03. The number of nitrogens with one attached hydrogen (secondary N) is 2. The molecule has 0 saturated carbocycles. The number of hydrogen-bond acceptors (Lipinski definition) is 5. The lowest BCUT2D eigenvalue weighted by Gasteiger charge is -2.18. The molecule has 0 radical (unpaired) electrons. The summed E-state index contributed by atoms with van der Waals surface area (Å²) in [6, 6.07) is 7.60. The van der Waals surface area contributed by atoms with Crippen LogP contribution >= 0.6 is 11.3 Å². The Labute approximate surface area is 153 Å². The maximum absolute atomic E-state index is 5.89. The van der Waals surface area contributed by atoms with Gasteiger partial charge >= 0.3 is 0 Å². The Morgan fingerprint density at radius 2 is 2.12 bits per heavy atom. The van der Waals surface area contributed by atoms with E-state index >= 15 is 0 Å². The molecule has 1 unspecified atom stereocenters. The van der Waals surface area contributed by atoms with E-state index in [1.54, 1.807) is 25.5 Å². The van der Waals surface area contributed by atoms with E-state index in [4.69, 9.17) is 9.47 Å². The maximum atomic E-state index is 5.89. The zero-order valence-corrected chi connectivity index (χ0v) is 16.0. The van der Waals surface area contributed by atoms with Crippen molar-refractivity contribution in [1.82, 2.24) is 15.6 Å². The summed E-state index contributed by atoms with van der Waals surface area (Å²) in [5, 5.41) is 9.76. The van der Waals surface area contributed by atoms with Gasteiger partial charge in [0.25, 0.3) is 0 Å². The number of aryl methyl sites for hydroxylation is 1. The molecule has 0 fully saturated rings. The normalized spacial score (nSPS) is 12.6. The van der Waals surface area contributed by atoms with Crippen LogP contribution in [0.1, 0.15) is 17.6 Å². The standard InChI is InChI=1S/C18H26N4O2S/c1-13(24-17-7-5-6-16(10-17)23-4)11-21-18(19-3)20-9-8-15-12-25-14(2)22-15/h5-7,10,12-13H,8-9,11H2,1-4H3,(H2,19,20,21). The highest BCUT2D eigenvalue weighted by atomic mass is 32.1. The minimum atomic E-state index is -0.00755. The van der Waals surface area contributed by atoms with E-state index < -0.39 is 0 Å². The zero-order chi connectivity index (χ0) is 18.1. The molecule has 25 heavy (non-hydrogen) atoms. The fourth-order valence-corrected chi connectivity index (χ4v) is 2.89. The van der Waals surface area contributed by atoms with Crippen LogP contribution in [0.3, 0.4) is 0 Å². The molecule has 0 aliphatic heterocycles. The average molecular weight is 362 g/mol. The molecule has 0 bridgehead atoms. The van der Waals surface area contributed by atoms with Crippen LogP contribution < -0.4 is 20.1 Å². The van der Waals surface area contributed by atoms with Crippen molar-refractivity contribution in [3.05, 3.63) is 40.3 Å². The summed E-state index contributed by atoms with van der Waals surface area (Å²) in [4.78, 5) is 8.69. The van der Waals surface area contributed by atoms with Crippen LogP contribution in [0.15, 0.2) is 34.6 Å². The topological polar surface area (TPSA) is 67.8 Å². The molecule has 1 heterocycles. The summed E-state index contributed by atoms with van der Waals surface area (Å²) in [6.07, 6.45) is 0.868. The highest BCUT2D eigenvalue weighted by Gasteiger charge is 2.07. The third-order valence-electron chi connectivity index (χ3n) is 3.50. The van der Waals surface area contributed by atoms with Gasteiger partial charge in [0.2, 0.25) is 0 Å². The Kier molecular flexibility index (Phi) is 7.53. The minimum absolute atomic E-state index is 0.00755. The molecule has 0 saturated heterocycles. The number of rotatable bonds is 8. The van der Waals surface area contributed by atoms with Crippen molar-refractivity contribution in [2.24, 2.45) is 4.99 Å². The number of thiazole rings is 1. The molecule has 1 atom stereocenters. The molecule has 6 nitrogen and oxygen atoms in total. The summed E-state index contributed by atoms with van der Waals surface area (Å²) in [7, 11) is 3.41. The minimum Gasteiger partial charge on any atom is -0.497 e. The van der Waals surface area contributed by atoms with Crippen molar-refractivity contribution >= 4 is 17.3 Å². The fourth-order valence-electron chi connectivity index (χ4n) is 2.24. The molecule has 2 rings (SSSR count). The quantitative estimate of drug-likeness (QED) is 0.558. The first-order chi connectivity index (χ1) is 12.1. The number of hydrogen-bond donors (Lipinski definition) is 2. The SMILES string of the molecule is CN=C(NCCc1csc(C)n1)NCC(C)Oc1cccc(OC)c1. The van der Waals surface area contributed by atoms with Crippen molar-refractivity contribution in [2.45, 2.75) is 26.4 Å². The zero-order valence-electron chi connectivity index (χ0n) is 15.2. The van der Waals surface area contributed by atoms with Gasteiger partial charge in [-0.25, -0.2) is 4.98 Å². The van der Waals surface area contributed by atoms with Crippen molar-refractivity contribution in [3.8, 4) is 11.5 Å². The highest BCUT2D eigenvalue weighted by Crippen LogP contribution is 2.19. The van der Waals surface area contributed by atoms with E-state index in [0.717, 1.165) is 41.1 Å². The van der Waals surface area contributed by atoms with Gasteiger partial charge in [0.15, 0.2) is 5.96 Å².